The first-order valence-corrected chi connectivity index (χ1v) is 10.7. The van der Waals surface area contributed by atoms with Crippen LogP contribution in [0.15, 0.2) is 43.3 Å². The quantitative estimate of drug-likeness (QED) is 0.0980. The van der Waals surface area contributed by atoms with E-state index in [2.05, 4.69) is 20.6 Å². The van der Waals surface area contributed by atoms with Gasteiger partial charge in [-0.3, -0.25) is 19.3 Å². The molecular weight excluding hydrogens is 487 g/mol. The fourth-order valence-corrected chi connectivity index (χ4v) is 5.01. The van der Waals surface area contributed by atoms with Crippen LogP contribution in [0.1, 0.15) is 11.5 Å². The number of oxime groups is 1. The van der Waals surface area contributed by atoms with E-state index in [0.29, 0.717) is 0 Å². The molecule has 0 spiro atoms. The maximum atomic E-state index is 12.7. The first-order chi connectivity index (χ1) is 15.3. The molecule has 0 aliphatic carbocycles. The molecule has 5 N–H and O–H groups in total. The molecule has 33 heavy (non-hydrogen) atoms. The van der Waals surface area contributed by atoms with Gasteiger partial charge < -0.3 is 30.7 Å². The number of anilines is 1. The van der Waals surface area contributed by atoms with Crippen LogP contribution in [0.5, 0.6) is 0 Å². The second-order valence-electron chi connectivity index (χ2n) is 6.49. The minimum atomic E-state index is -1.57. The molecular formula is C17H13N6NaO7S2. The monoisotopic (exact) mass is 500 g/mol. The molecule has 0 unspecified atom stereocenters. The SMILES string of the molecule is Nc1nc(/C(=N/O)C(=O)N[C@@H]2C(=O)N3C(C(=O)[O-])=C(/C=C\c4cc(=O)[nH]o4)CS[C@H]23)cs1.[Na+]. The second kappa shape index (κ2) is 9.96. The Labute approximate surface area is 214 Å². The molecule has 4 rings (SSSR count). The molecule has 0 radical (unpaired) electrons. The van der Waals surface area contributed by atoms with E-state index in [4.69, 9.17) is 10.3 Å². The Kier molecular flexibility index (Phi) is 7.48. The Morgan fingerprint density at radius 2 is 2.18 bits per heavy atom. The van der Waals surface area contributed by atoms with Crippen molar-refractivity contribution in [2.45, 2.75) is 11.4 Å². The zero-order valence-corrected chi connectivity index (χ0v) is 20.4. The van der Waals surface area contributed by atoms with Gasteiger partial charge in [-0.05, 0) is 11.6 Å². The Bertz CT molecular complexity index is 1260. The largest absolute Gasteiger partial charge is 1.00 e. The number of aromatic amines is 1. The third-order valence-electron chi connectivity index (χ3n) is 4.55. The summed E-state index contributed by atoms with van der Waals surface area (Å²) >= 11 is 2.25. The van der Waals surface area contributed by atoms with E-state index in [9.17, 15) is 29.5 Å². The van der Waals surface area contributed by atoms with Crippen molar-refractivity contribution in [1.82, 2.24) is 20.4 Å². The molecule has 16 heteroatoms. The summed E-state index contributed by atoms with van der Waals surface area (Å²) in [5.41, 5.74) is 4.58. The number of allylic oxidation sites excluding steroid dienone is 1. The summed E-state index contributed by atoms with van der Waals surface area (Å²) in [5.74, 6) is -2.77. The number of hydrogen-bond donors (Lipinski definition) is 4. The fraction of sp³-hybridized carbons (Fsp3) is 0.176. The van der Waals surface area contributed by atoms with Gasteiger partial charge in [0.25, 0.3) is 17.4 Å². The molecule has 1 saturated heterocycles. The van der Waals surface area contributed by atoms with E-state index in [1.54, 1.807) is 0 Å². The summed E-state index contributed by atoms with van der Waals surface area (Å²) in [6.07, 6.45) is 2.78. The third-order valence-corrected chi connectivity index (χ3v) is 6.53. The van der Waals surface area contributed by atoms with E-state index in [1.807, 2.05) is 0 Å². The summed E-state index contributed by atoms with van der Waals surface area (Å²) in [7, 11) is 0. The predicted octanol–water partition coefficient (Wildman–Crippen LogP) is -4.69. The number of thiazole rings is 1. The van der Waals surface area contributed by atoms with Crippen molar-refractivity contribution in [1.29, 1.82) is 0 Å². The summed E-state index contributed by atoms with van der Waals surface area (Å²) < 4.78 is 4.88. The summed E-state index contributed by atoms with van der Waals surface area (Å²) in [6.45, 7) is 0. The molecule has 0 saturated carbocycles. The van der Waals surface area contributed by atoms with Crippen LogP contribution in [-0.2, 0) is 14.4 Å². The van der Waals surface area contributed by atoms with E-state index in [0.717, 1.165) is 16.2 Å². The van der Waals surface area contributed by atoms with Gasteiger partial charge in [0.05, 0.1) is 17.7 Å². The van der Waals surface area contributed by atoms with Crippen LogP contribution < -0.4 is 51.3 Å². The Morgan fingerprint density at radius 1 is 1.42 bits per heavy atom. The number of rotatable bonds is 6. The van der Waals surface area contributed by atoms with Crippen molar-refractivity contribution in [2.24, 2.45) is 5.16 Å². The molecule has 2 aromatic heterocycles. The average Bonchev–Trinajstić information content (AvgIpc) is 3.38. The number of thioether (sulfide) groups is 1. The van der Waals surface area contributed by atoms with Crippen molar-refractivity contribution < 1.29 is 58.8 Å². The number of fused-ring (bicyclic) bond motifs is 1. The first-order valence-electron chi connectivity index (χ1n) is 8.80. The summed E-state index contributed by atoms with van der Waals surface area (Å²) in [4.78, 5) is 52.9. The number of carbonyl (C=O) groups excluding carboxylic acids is 3. The minimum Gasteiger partial charge on any atom is -0.543 e. The number of hydrogen-bond acceptors (Lipinski definition) is 12. The zero-order chi connectivity index (χ0) is 23.0. The number of β-lactam (4-membered cyclic amide) rings is 1. The van der Waals surface area contributed by atoms with Gasteiger partial charge in [-0.1, -0.05) is 11.2 Å². The Balaban J connectivity index is 0.00000306. The molecule has 2 amide bonds. The minimum absolute atomic E-state index is 0. The number of nitrogen functional groups attached to an aromatic ring is 1. The van der Waals surface area contributed by atoms with Crippen LogP contribution >= 0.6 is 23.1 Å². The number of amides is 2. The van der Waals surface area contributed by atoms with Gasteiger partial charge in [0, 0.05) is 11.1 Å². The number of carboxylic acids is 1. The van der Waals surface area contributed by atoms with Gasteiger partial charge in [0.1, 0.15) is 17.1 Å². The molecule has 2 aliphatic heterocycles. The maximum absolute atomic E-state index is 12.7. The smallest absolute Gasteiger partial charge is 0.543 e. The van der Waals surface area contributed by atoms with Crippen LogP contribution in [0.25, 0.3) is 6.08 Å². The number of H-pyrrole nitrogens is 1. The normalized spacial score (nSPS) is 20.3. The van der Waals surface area contributed by atoms with Gasteiger partial charge in [0.2, 0.25) is 0 Å². The number of aliphatic carboxylic acids is 1. The van der Waals surface area contributed by atoms with Crippen LogP contribution in [0.4, 0.5) is 5.13 Å². The number of aromatic nitrogens is 2. The number of nitrogens with one attached hydrogen (secondary N) is 2. The van der Waals surface area contributed by atoms with Crippen molar-refractivity contribution in [3.8, 4) is 0 Å². The van der Waals surface area contributed by atoms with Gasteiger partial charge in [0.15, 0.2) is 16.6 Å². The van der Waals surface area contributed by atoms with E-state index < -0.39 is 40.5 Å². The number of carboxylic acid groups (broad SMARTS) is 1. The molecule has 0 bridgehead atoms. The van der Waals surface area contributed by atoms with E-state index >= 15 is 0 Å². The molecule has 4 heterocycles. The summed E-state index contributed by atoms with van der Waals surface area (Å²) in [5, 5.41) is 29.3. The molecule has 2 aromatic rings. The first kappa shape index (κ1) is 24.8. The maximum Gasteiger partial charge on any atom is 1.00 e. The number of nitrogens with two attached hydrogens (primary N) is 1. The molecule has 1 fully saturated rings. The van der Waals surface area contributed by atoms with Crippen molar-refractivity contribution in [3.63, 3.8) is 0 Å². The predicted molar refractivity (Wildman–Crippen MR) is 110 cm³/mol. The topological polar surface area (TPSA) is 207 Å². The van der Waals surface area contributed by atoms with Gasteiger partial charge in [-0.15, -0.1) is 23.1 Å². The number of nitrogens with zero attached hydrogens (tertiary/aromatic N) is 3. The van der Waals surface area contributed by atoms with E-state index in [-0.39, 0.29) is 63.2 Å². The van der Waals surface area contributed by atoms with Gasteiger partial charge in [-0.2, -0.15) is 5.16 Å². The zero-order valence-electron chi connectivity index (χ0n) is 16.8. The fourth-order valence-electron chi connectivity index (χ4n) is 3.14. The number of carbonyl (C=O) groups is 3. The second-order valence-corrected chi connectivity index (χ2v) is 8.48. The van der Waals surface area contributed by atoms with Crippen molar-refractivity contribution >= 4 is 57.8 Å². The molecule has 0 aromatic carbocycles. The van der Waals surface area contributed by atoms with Crippen molar-refractivity contribution in [3.05, 3.63) is 50.6 Å². The third kappa shape index (κ3) is 4.77. The van der Waals surface area contributed by atoms with Crippen LogP contribution in [0.3, 0.4) is 0 Å². The van der Waals surface area contributed by atoms with Crippen LogP contribution in [-0.4, -0.2) is 60.9 Å². The molecule has 2 aliphatic rings. The summed E-state index contributed by atoms with van der Waals surface area (Å²) in [6, 6.07) is 0.119. The standard InChI is InChI=1S/C17H14N6O7S2.Na/c18-17-19-8(5-32-17)10(21-29)13(25)20-11-14(26)23-12(16(27)28)6(4-31-15(11)23)1-2-7-3-9(24)22-30-7;/h1-3,5,11,15,29H,4H2,(H2,18,19)(H,20,25)(H,22,24)(H,27,28);/q;+1/p-1/b2-1-,21-10-;/t11-,15-;/m1./s1. The Morgan fingerprint density at radius 3 is 2.76 bits per heavy atom. The molecule has 2 atom stereocenters. The van der Waals surface area contributed by atoms with Crippen LogP contribution in [0, 0.1) is 0 Å². The van der Waals surface area contributed by atoms with Gasteiger partial charge in [-0.25, -0.2) is 4.98 Å². The molecule has 166 valence electrons. The van der Waals surface area contributed by atoms with E-state index in [1.165, 1.54) is 35.4 Å². The molecule has 13 nitrogen and oxygen atoms in total. The van der Waals surface area contributed by atoms with Crippen LogP contribution in [0.2, 0.25) is 0 Å². The van der Waals surface area contributed by atoms with Gasteiger partial charge >= 0.3 is 29.6 Å². The Hall–Kier alpha value is -2.85. The van der Waals surface area contributed by atoms with Crippen molar-refractivity contribution in [2.75, 3.05) is 11.5 Å². The average molecular weight is 500 g/mol.